The molecule has 0 amide bonds. The molecule has 3 aromatic rings. The molecule has 1 fully saturated rings. The van der Waals surface area contributed by atoms with Gasteiger partial charge >= 0.3 is 0 Å². The highest BCUT2D eigenvalue weighted by molar-refractivity contribution is 5.43. The number of likely N-dealkylation sites (tertiary alicyclic amines) is 1. The van der Waals surface area contributed by atoms with E-state index < -0.39 is 11.7 Å². The van der Waals surface area contributed by atoms with E-state index in [1.54, 1.807) is 13.3 Å². The van der Waals surface area contributed by atoms with Gasteiger partial charge in [-0.15, -0.1) is 0 Å². The van der Waals surface area contributed by atoms with E-state index in [9.17, 15) is 14.6 Å². The van der Waals surface area contributed by atoms with Gasteiger partial charge in [-0.2, -0.15) is 0 Å². The van der Waals surface area contributed by atoms with Gasteiger partial charge in [0.15, 0.2) is 11.5 Å². The predicted molar refractivity (Wildman–Crippen MR) is 128 cm³/mol. The lowest BCUT2D eigenvalue weighted by atomic mass is 9.90. The van der Waals surface area contributed by atoms with E-state index in [1.165, 1.54) is 24.3 Å². The number of benzene rings is 2. The van der Waals surface area contributed by atoms with Crippen LogP contribution in [0, 0.1) is 12.7 Å². The summed E-state index contributed by atoms with van der Waals surface area (Å²) >= 11 is 0. The molecule has 188 valence electrons. The Labute approximate surface area is 204 Å². The van der Waals surface area contributed by atoms with Gasteiger partial charge in [-0.05, 0) is 55.3 Å². The van der Waals surface area contributed by atoms with Gasteiger partial charge in [0.1, 0.15) is 36.2 Å². The number of rotatable bonds is 10. The molecule has 35 heavy (non-hydrogen) atoms. The van der Waals surface area contributed by atoms with Crippen molar-refractivity contribution in [3.05, 3.63) is 72.1 Å². The molecule has 9 heteroatoms. The largest absolute Gasteiger partial charge is 0.493 e. The van der Waals surface area contributed by atoms with Gasteiger partial charge in [0.2, 0.25) is 0 Å². The molecule has 0 saturated carbocycles. The van der Waals surface area contributed by atoms with Crippen LogP contribution in [0.2, 0.25) is 0 Å². The van der Waals surface area contributed by atoms with E-state index >= 15 is 0 Å². The molecule has 2 atom stereocenters. The monoisotopic (exact) mass is 485 g/mol. The zero-order valence-electron chi connectivity index (χ0n) is 20.1. The average Bonchev–Trinajstić information content (AvgIpc) is 3.26. The van der Waals surface area contributed by atoms with Crippen LogP contribution in [0.15, 0.2) is 54.9 Å². The normalized spacial score (nSPS) is 20.5. The summed E-state index contributed by atoms with van der Waals surface area (Å²) in [5.74, 6) is 2.30. The number of halogens is 1. The summed E-state index contributed by atoms with van der Waals surface area (Å²) in [5.41, 5.74) is -0.445. The van der Waals surface area contributed by atoms with Crippen molar-refractivity contribution in [1.29, 1.82) is 0 Å². The van der Waals surface area contributed by atoms with Crippen molar-refractivity contribution in [2.24, 2.45) is 0 Å². The Kier molecular flexibility index (Phi) is 7.90. The van der Waals surface area contributed by atoms with Crippen molar-refractivity contribution in [3.63, 3.8) is 0 Å². The highest BCUT2D eigenvalue weighted by Gasteiger charge is 2.42. The third kappa shape index (κ3) is 6.30. The minimum atomic E-state index is -1.44. The summed E-state index contributed by atoms with van der Waals surface area (Å²) in [5, 5.41) is 21.6. The van der Waals surface area contributed by atoms with Crippen LogP contribution >= 0.6 is 0 Å². The first kappa shape index (κ1) is 25.0. The summed E-state index contributed by atoms with van der Waals surface area (Å²) in [6.45, 7) is 4.41. The molecule has 2 heterocycles. The maximum Gasteiger partial charge on any atom is 0.161 e. The zero-order chi connectivity index (χ0) is 24.8. The van der Waals surface area contributed by atoms with Crippen molar-refractivity contribution in [1.82, 2.24) is 14.5 Å². The van der Waals surface area contributed by atoms with Gasteiger partial charge in [-0.1, -0.05) is 6.07 Å². The number of β-amino-alcohol motifs (C(OH)–C–C–N with tert-alkyl or cyclic N) is 1. The fourth-order valence-electron chi connectivity index (χ4n) is 4.25. The zero-order valence-corrected chi connectivity index (χ0v) is 20.1. The van der Waals surface area contributed by atoms with Crippen LogP contribution in [0.3, 0.4) is 0 Å². The molecule has 2 N–H and O–H groups in total. The average molecular weight is 486 g/mol. The number of hydrogen-bond acceptors (Lipinski definition) is 7. The smallest absolute Gasteiger partial charge is 0.161 e. The summed E-state index contributed by atoms with van der Waals surface area (Å²) in [4.78, 5) is 6.29. The molecule has 0 unspecified atom stereocenters. The maximum absolute atomic E-state index is 13.1. The van der Waals surface area contributed by atoms with Gasteiger partial charge in [0.25, 0.3) is 0 Å². The Balaban J connectivity index is 1.37. The number of imidazole rings is 1. The van der Waals surface area contributed by atoms with Crippen LogP contribution in [0.4, 0.5) is 4.39 Å². The second-order valence-electron chi connectivity index (χ2n) is 8.86. The highest BCUT2D eigenvalue weighted by atomic mass is 19.1. The highest BCUT2D eigenvalue weighted by Crippen LogP contribution is 2.30. The Bertz CT molecular complexity index is 1110. The van der Waals surface area contributed by atoms with E-state index in [4.69, 9.17) is 14.2 Å². The molecule has 4 rings (SSSR count). The summed E-state index contributed by atoms with van der Waals surface area (Å²) in [6.07, 6.45) is 3.17. The predicted octanol–water partition coefficient (Wildman–Crippen LogP) is 2.79. The Morgan fingerprint density at radius 2 is 1.94 bits per heavy atom. The van der Waals surface area contributed by atoms with Crippen molar-refractivity contribution in [2.75, 3.05) is 33.4 Å². The first-order chi connectivity index (χ1) is 16.9. The number of aliphatic hydroxyl groups excluding tert-OH is 1. The number of methoxy groups -OCH3 is 1. The lowest BCUT2D eigenvalue weighted by Crippen LogP contribution is -2.59. The molecule has 1 aromatic heterocycles. The van der Waals surface area contributed by atoms with Gasteiger partial charge in [0.05, 0.1) is 19.8 Å². The number of aromatic nitrogens is 2. The second-order valence-corrected chi connectivity index (χ2v) is 8.86. The van der Waals surface area contributed by atoms with Gasteiger partial charge < -0.3 is 29.0 Å². The number of hydrogen-bond donors (Lipinski definition) is 2. The molecule has 0 aliphatic carbocycles. The summed E-state index contributed by atoms with van der Waals surface area (Å²) < 4.78 is 32.3. The van der Waals surface area contributed by atoms with E-state index in [1.807, 2.05) is 35.9 Å². The fourth-order valence-corrected chi connectivity index (χ4v) is 4.25. The van der Waals surface area contributed by atoms with Gasteiger partial charge in [-0.25, -0.2) is 9.37 Å². The van der Waals surface area contributed by atoms with E-state index in [0.29, 0.717) is 49.9 Å². The fraction of sp³-hybridized carbons (Fsp3) is 0.423. The molecule has 0 radical (unpaired) electrons. The van der Waals surface area contributed by atoms with E-state index in [-0.39, 0.29) is 19.0 Å². The molecule has 2 aromatic carbocycles. The van der Waals surface area contributed by atoms with E-state index in [2.05, 4.69) is 9.88 Å². The third-order valence-corrected chi connectivity index (χ3v) is 6.29. The second kappa shape index (κ2) is 11.1. The maximum atomic E-state index is 13.1. The van der Waals surface area contributed by atoms with Crippen LogP contribution in [0.5, 0.6) is 17.2 Å². The molecule has 8 nitrogen and oxygen atoms in total. The van der Waals surface area contributed by atoms with Crippen LogP contribution in [0.25, 0.3) is 0 Å². The third-order valence-electron chi connectivity index (χ3n) is 6.29. The Morgan fingerprint density at radius 3 is 2.66 bits per heavy atom. The Hall–Kier alpha value is -3.14. The summed E-state index contributed by atoms with van der Waals surface area (Å²) in [6, 6.07) is 11.4. The number of aliphatic hydroxyl groups is 2. The SMILES string of the molecule is COc1ccc(CN2CC[C@H](O)[C@@](O)(COc3ccc(F)cc3)C2)cc1OCCn1ccnc1C. The minimum Gasteiger partial charge on any atom is -0.493 e. The van der Waals surface area contributed by atoms with Crippen LogP contribution in [-0.4, -0.2) is 69.8 Å². The van der Waals surface area contributed by atoms with Crippen molar-refractivity contribution in [2.45, 2.75) is 38.1 Å². The van der Waals surface area contributed by atoms with Crippen LogP contribution in [-0.2, 0) is 13.1 Å². The van der Waals surface area contributed by atoms with E-state index in [0.717, 1.165) is 11.4 Å². The quantitative estimate of drug-likeness (QED) is 0.457. The van der Waals surface area contributed by atoms with Crippen molar-refractivity contribution < 1.29 is 28.8 Å². The molecular weight excluding hydrogens is 453 g/mol. The topological polar surface area (TPSA) is 89.2 Å². The molecule has 0 bridgehead atoms. The van der Waals surface area contributed by atoms with Gasteiger partial charge in [-0.3, -0.25) is 4.90 Å². The van der Waals surface area contributed by atoms with Crippen molar-refractivity contribution >= 4 is 0 Å². The number of nitrogens with zero attached hydrogens (tertiary/aromatic N) is 3. The molecule has 0 spiro atoms. The number of aryl methyl sites for hydroxylation is 1. The number of ether oxygens (including phenoxy) is 3. The lowest BCUT2D eigenvalue weighted by Gasteiger charge is -2.42. The minimum absolute atomic E-state index is 0.0963. The summed E-state index contributed by atoms with van der Waals surface area (Å²) in [7, 11) is 1.61. The molecular formula is C26H32FN3O5. The number of piperidine rings is 1. The lowest BCUT2D eigenvalue weighted by molar-refractivity contribution is -0.140. The van der Waals surface area contributed by atoms with Crippen LogP contribution in [0.1, 0.15) is 17.8 Å². The molecule has 1 aliphatic rings. The first-order valence-corrected chi connectivity index (χ1v) is 11.6. The van der Waals surface area contributed by atoms with Crippen LogP contribution < -0.4 is 14.2 Å². The first-order valence-electron chi connectivity index (χ1n) is 11.6. The van der Waals surface area contributed by atoms with Gasteiger partial charge in [0, 0.05) is 32.0 Å². The standard InChI is InChI=1S/C26H32FN3O5/c1-19-28-10-12-30(19)13-14-34-24-15-20(3-8-23(24)33-2)16-29-11-9-25(31)26(32,17-29)18-35-22-6-4-21(27)5-7-22/h3-8,10,12,15,25,31-32H,9,11,13-14,16-18H2,1-2H3/t25-,26-/m0/s1. The Morgan fingerprint density at radius 1 is 1.14 bits per heavy atom. The van der Waals surface area contributed by atoms with Crippen molar-refractivity contribution in [3.8, 4) is 17.2 Å². The molecule has 1 aliphatic heterocycles. The molecule has 1 saturated heterocycles.